The third kappa shape index (κ3) is 2.57. The van der Waals surface area contributed by atoms with Crippen molar-refractivity contribution in [2.24, 2.45) is 0 Å². The maximum absolute atomic E-state index is 11.4. The van der Waals surface area contributed by atoms with E-state index in [1.165, 1.54) is 7.11 Å². The molecule has 0 spiro atoms. The molecule has 5 nitrogen and oxygen atoms in total. The Bertz CT molecular complexity index is 796. The standard InChI is InChI=1S/C15H12N2O3S/c1-19-10-4-6-13-12(7-10)17-14(21-13)9-3-5-11(16-8-9)15(18)20-2/h3-8H,1-2H3. The highest BCUT2D eigenvalue weighted by Gasteiger charge is 2.10. The molecule has 0 fully saturated rings. The summed E-state index contributed by atoms with van der Waals surface area (Å²) in [5.41, 5.74) is 2.03. The predicted octanol–water partition coefficient (Wildman–Crippen LogP) is 3.15. The topological polar surface area (TPSA) is 61.3 Å². The number of fused-ring (bicyclic) bond motifs is 1. The number of esters is 1. The maximum Gasteiger partial charge on any atom is 0.356 e. The third-order valence-electron chi connectivity index (χ3n) is 3.00. The summed E-state index contributed by atoms with van der Waals surface area (Å²) in [5.74, 6) is 0.328. The number of nitrogens with zero attached hydrogens (tertiary/aromatic N) is 2. The van der Waals surface area contributed by atoms with Gasteiger partial charge in [0, 0.05) is 17.8 Å². The number of hydrogen-bond acceptors (Lipinski definition) is 6. The lowest BCUT2D eigenvalue weighted by atomic mass is 10.2. The van der Waals surface area contributed by atoms with Crippen LogP contribution in [0.2, 0.25) is 0 Å². The summed E-state index contributed by atoms with van der Waals surface area (Å²) in [5, 5.41) is 0.849. The number of rotatable bonds is 3. The monoisotopic (exact) mass is 300 g/mol. The van der Waals surface area contributed by atoms with Gasteiger partial charge in [0.05, 0.1) is 24.4 Å². The van der Waals surface area contributed by atoms with Crippen molar-refractivity contribution in [3.63, 3.8) is 0 Å². The summed E-state index contributed by atoms with van der Waals surface area (Å²) < 4.78 is 10.9. The second kappa shape index (κ2) is 5.49. The molecule has 2 aromatic heterocycles. The molecule has 0 saturated carbocycles. The van der Waals surface area contributed by atoms with Crippen molar-refractivity contribution >= 4 is 27.5 Å². The fraction of sp³-hybridized carbons (Fsp3) is 0.133. The summed E-state index contributed by atoms with van der Waals surface area (Å²) in [4.78, 5) is 20.0. The van der Waals surface area contributed by atoms with E-state index in [1.807, 2.05) is 24.3 Å². The zero-order chi connectivity index (χ0) is 14.8. The molecule has 0 N–H and O–H groups in total. The molecule has 0 unspecified atom stereocenters. The Morgan fingerprint density at radius 2 is 2.05 bits per heavy atom. The second-order valence-electron chi connectivity index (χ2n) is 4.28. The highest BCUT2D eigenvalue weighted by atomic mass is 32.1. The van der Waals surface area contributed by atoms with Crippen LogP contribution in [0.3, 0.4) is 0 Å². The lowest BCUT2D eigenvalue weighted by Gasteiger charge is -1.99. The van der Waals surface area contributed by atoms with E-state index in [9.17, 15) is 4.79 Å². The summed E-state index contributed by atoms with van der Waals surface area (Å²) in [6, 6.07) is 9.22. The first-order chi connectivity index (χ1) is 10.2. The average molecular weight is 300 g/mol. The van der Waals surface area contributed by atoms with Crippen molar-refractivity contribution in [1.29, 1.82) is 0 Å². The Balaban J connectivity index is 1.98. The zero-order valence-electron chi connectivity index (χ0n) is 11.5. The summed E-state index contributed by atoms with van der Waals surface area (Å²) in [7, 11) is 2.96. The number of ether oxygens (including phenoxy) is 2. The van der Waals surface area contributed by atoms with Crippen LogP contribution in [-0.2, 0) is 4.74 Å². The zero-order valence-corrected chi connectivity index (χ0v) is 12.3. The Labute approximate surface area is 125 Å². The molecule has 0 atom stereocenters. The van der Waals surface area contributed by atoms with Crippen molar-refractivity contribution in [2.75, 3.05) is 14.2 Å². The van der Waals surface area contributed by atoms with Gasteiger partial charge in [-0.05, 0) is 24.3 Å². The number of benzene rings is 1. The predicted molar refractivity (Wildman–Crippen MR) is 80.7 cm³/mol. The van der Waals surface area contributed by atoms with E-state index in [0.29, 0.717) is 0 Å². The number of carbonyl (C=O) groups is 1. The van der Waals surface area contributed by atoms with E-state index >= 15 is 0 Å². The first-order valence-electron chi connectivity index (χ1n) is 6.20. The maximum atomic E-state index is 11.4. The lowest BCUT2D eigenvalue weighted by molar-refractivity contribution is 0.0594. The minimum absolute atomic E-state index is 0.282. The fourth-order valence-electron chi connectivity index (χ4n) is 1.90. The van der Waals surface area contributed by atoms with Crippen LogP contribution in [0.15, 0.2) is 36.5 Å². The summed E-state index contributed by atoms with van der Waals surface area (Å²) in [6.45, 7) is 0. The minimum atomic E-state index is -0.449. The van der Waals surface area contributed by atoms with Gasteiger partial charge in [-0.15, -0.1) is 11.3 Å². The number of aromatic nitrogens is 2. The van der Waals surface area contributed by atoms with Crippen molar-refractivity contribution in [1.82, 2.24) is 9.97 Å². The van der Waals surface area contributed by atoms with Crippen LogP contribution >= 0.6 is 11.3 Å². The molecular weight excluding hydrogens is 288 g/mol. The van der Waals surface area contributed by atoms with Crippen LogP contribution in [0.5, 0.6) is 5.75 Å². The lowest BCUT2D eigenvalue weighted by Crippen LogP contribution is -2.03. The normalized spacial score (nSPS) is 10.6. The molecule has 1 aromatic carbocycles. The van der Waals surface area contributed by atoms with E-state index < -0.39 is 5.97 Å². The quantitative estimate of drug-likeness (QED) is 0.695. The Kier molecular flexibility index (Phi) is 3.53. The van der Waals surface area contributed by atoms with Gasteiger partial charge < -0.3 is 9.47 Å². The van der Waals surface area contributed by atoms with Gasteiger partial charge in [0.1, 0.15) is 16.5 Å². The van der Waals surface area contributed by atoms with Gasteiger partial charge in [-0.3, -0.25) is 0 Å². The van der Waals surface area contributed by atoms with Gasteiger partial charge in [0.15, 0.2) is 0 Å². The van der Waals surface area contributed by atoms with Crippen LogP contribution in [0.4, 0.5) is 0 Å². The number of carbonyl (C=O) groups excluding carboxylic acids is 1. The summed E-state index contributed by atoms with van der Waals surface area (Å²) in [6.07, 6.45) is 1.63. The summed E-state index contributed by atoms with van der Waals surface area (Å²) >= 11 is 1.57. The molecule has 0 radical (unpaired) electrons. The van der Waals surface area contributed by atoms with E-state index in [-0.39, 0.29) is 5.69 Å². The fourth-order valence-corrected chi connectivity index (χ4v) is 2.84. The second-order valence-corrected chi connectivity index (χ2v) is 5.31. The SMILES string of the molecule is COC(=O)c1ccc(-c2nc3cc(OC)ccc3s2)cn1. The van der Waals surface area contributed by atoms with E-state index in [0.717, 1.165) is 26.5 Å². The molecule has 0 bridgehead atoms. The van der Waals surface area contributed by atoms with Gasteiger partial charge in [0.2, 0.25) is 0 Å². The van der Waals surface area contributed by atoms with Crippen LogP contribution in [0.1, 0.15) is 10.5 Å². The highest BCUT2D eigenvalue weighted by molar-refractivity contribution is 7.21. The molecule has 0 saturated heterocycles. The van der Waals surface area contributed by atoms with Gasteiger partial charge in [-0.1, -0.05) is 0 Å². The smallest absolute Gasteiger partial charge is 0.356 e. The first-order valence-corrected chi connectivity index (χ1v) is 7.02. The minimum Gasteiger partial charge on any atom is -0.497 e. The van der Waals surface area contributed by atoms with Crippen molar-refractivity contribution in [2.45, 2.75) is 0 Å². The van der Waals surface area contributed by atoms with Crippen molar-refractivity contribution in [3.05, 3.63) is 42.2 Å². The number of pyridine rings is 1. The molecule has 0 aliphatic heterocycles. The Morgan fingerprint density at radius 1 is 1.19 bits per heavy atom. The van der Waals surface area contributed by atoms with Gasteiger partial charge in [-0.25, -0.2) is 14.8 Å². The van der Waals surface area contributed by atoms with Crippen LogP contribution in [-0.4, -0.2) is 30.2 Å². The van der Waals surface area contributed by atoms with Crippen LogP contribution < -0.4 is 4.74 Å². The molecule has 6 heteroatoms. The molecule has 3 aromatic rings. The molecule has 2 heterocycles. The van der Waals surface area contributed by atoms with E-state index in [4.69, 9.17) is 4.74 Å². The molecule has 21 heavy (non-hydrogen) atoms. The molecular formula is C15H12N2O3S. The van der Waals surface area contributed by atoms with Crippen molar-refractivity contribution < 1.29 is 14.3 Å². The van der Waals surface area contributed by atoms with Crippen molar-refractivity contribution in [3.8, 4) is 16.3 Å². The number of thiazole rings is 1. The largest absolute Gasteiger partial charge is 0.497 e. The molecule has 0 aliphatic carbocycles. The van der Waals surface area contributed by atoms with E-state index in [1.54, 1.807) is 30.7 Å². The number of methoxy groups -OCH3 is 2. The van der Waals surface area contributed by atoms with E-state index in [2.05, 4.69) is 14.7 Å². The van der Waals surface area contributed by atoms with Gasteiger partial charge >= 0.3 is 5.97 Å². The van der Waals surface area contributed by atoms with Gasteiger partial charge in [0.25, 0.3) is 0 Å². The highest BCUT2D eigenvalue weighted by Crippen LogP contribution is 2.31. The molecule has 0 aliphatic rings. The Morgan fingerprint density at radius 3 is 2.71 bits per heavy atom. The molecule has 3 rings (SSSR count). The first kappa shape index (κ1) is 13.5. The molecule has 0 amide bonds. The van der Waals surface area contributed by atoms with Crippen LogP contribution in [0, 0.1) is 0 Å². The third-order valence-corrected chi connectivity index (χ3v) is 4.09. The Hall–Kier alpha value is -2.47. The molecule has 106 valence electrons. The van der Waals surface area contributed by atoms with Gasteiger partial charge in [-0.2, -0.15) is 0 Å². The van der Waals surface area contributed by atoms with Crippen LogP contribution in [0.25, 0.3) is 20.8 Å². The number of hydrogen-bond donors (Lipinski definition) is 0. The average Bonchev–Trinajstić information content (AvgIpc) is 2.97.